The van der Waals surface area contributed by atoms with Crippen LogP contribution in [-0.4, -0.2) is 41.1 Å². The van der Waals surface area contributed by atoms with Crippen LogP contribution in [0, 0.1) is 0 Å². The first-order chi connectivity index (χ1) is 9.93. The van der Waals surface area contributed by atoms with E-state index in [0.717, 1.165) is 5.69 Å². The molecule has 2 heterocycles. The molecule has 2 rings (SSSR count). The zero-order valence-electron chi connectivity index (χ0n) is 12.6. The zero-order chi connectivity index (χ0) is 15.6. The summed E-state index contributed by atoms with van der Waals surface area (Å²) in [5, 5.41) is 12.1. The number of aromatic carboxylic acids is 1. The normalized spacial score (nSPS) is 18.8. The van der Waals surface area contributed by atoms with E-state index < -0.39 is 5.97 Å². The van der Waals surface area contributed by atoms with Crippen molar-refractivity contribution in [3.05, 3.63) is 23.4 Å². The maximum Gasteiger partial charge on any atom is 0.335 e. The number of hydrogen-bond acceptors (Lipinski definition) is 4. The van der Waals surface area contributed by atoms with Crippen LogP contribution >= 0.6 is 0 Å². The Bertz CT molecular complexity index is 557. The van der Waals surface area contributed by atoms with E-state index in [-0.39, 0.29) is 23.4 Å². The molecule has 0 aliphatic carbocycles. The molecule has 1 aromatic heterocycles. The fourth-order valence-corrected chi connectivity index (χ4v) is 2.50. The first kappa shape index (κ1) is 15.3. The average Bonchev–Trinajstić information content (AvgIpc) is 2.46. The lowest BCUT2D eigenvalue weighted by molar-refractivity contribution is -0.123. The lowest BCUT2D eigenvalue weighted by Crippen LogP contribution is -2.55. The van der Waals surface area contributed by atoms with Crippen LogP contribution < -0.4 is 10.2 Å². The van der Waals surface area contributed by atoms with Crippen LogP contribution in [-0.2, 0) is 4.79 Å². The molecule has 21 heavy (non-hydrogen) atoms. The zero-order valence-corrected chi connectivity index (χ0v) is 12.6. The van der Waals surface area contributed by atoms with Gasteiger partial charge in [-0.1, -0.05) is 20.8 Å². The highest BCUT2D eigenvalue weighted by molar-refractivity contribution is 5.90. The Hall–Kier alpha value is -2.11. The highest BCUT2D eigenvalue weighted by atomic mass is 16.4. The van der Waals surface area contributed by atoms with Gasteiger partial charge >= 0.3 is 5.97 Å². The summed E-state index contributed by atoms with van der Waals surface area (Å²) in [7, 11) is 0. The van der Waals surface area contributed by atoms with Crippen LogP contribution in [0.4, 0.5) is 5.82 Å². The lowest BCUT2D eigenvalue weighted by atomic mass is 10.1. The number of amides is 1. The monoisotopic (exact) mass is 291 g/mol. The number of pyridine rings is 1. The fourth-order valence-electron chi connectivity index (χ4n) is 2.50. The molecule has 1 saturated heterocycles. The SMILES string of the molecule is CCC1C(=O)NCCN1c1cc(C(=O)O)cc(C(C)C)n1. The lowest BCUT2D eigenvalue weighted by Gasteiger charge is -2.35. The van der Waals surface area contributed by atoms with E-state index in [4.69, 9.17) is 0 Å². The molecule has 1 atom stereocenters. The van der Waals surface area contributed by atoms with Gasteiger partial charge in [-0.05, 0) is 24.5 Å². The van der Waals surface area contributed by atoms with Crippen molar-refractivity contribution in [2.75, 3.05) is 18.0 Å². The van der Waals surface area contributed by atoms with Gasteiger partial charge in [0.15, 0.2) is 0 Å². The van der Waals surface area contributed by atoms with Crippen molar-refractivity contribution in [3.63, 3.8) is 0 Å². The van der Waals surface area contributed by atoms with Gasteiger partial charge in [0.1, 0.15) is 11.9 Å². The van der Waals surface area contributed by atoms with E-state index in [9.17, 15) is 14.7 Å². The minimum absolute atomic E-state index is 0.0302. The molecule has 1 aromatic rings. The van der Waals surface area contributed by atoms with Crippen molar-refractivity contribution in [2.24, 2.45) is 0 Å². The van der Waals surface area contributed by atoms with Crippen molar-refractivity contribution in [3.8, 4) is 0 Å². The number of carboxylic acid groups (broad SMARTS) is 1. The van der Waals surface area contributed by atoms with E-state index in [1.165, 1.54) is 0 Å². The summed E-state index contributed by atoms with van der Waals surface area (Å²) in [4.78, 5) is 29.7. The molecule has 1 aliphatic rings. The number of carboxylic acids is 1. The summed E-state index contributed by atoms with van der Waals surface area (Å²) in [6.45, 7) is 7.06. The molecule has 1 aliphatic heterocycles. The number of carbonyl (C=O) groups is 2. The third-order valence-electron chi connectivity index (χ3n) is 3.68. The minimum Gasteiger partial charge on any atom is -0.478 e. The van der Waals surface area contributed by atoms with Crippen LogP contribution in [0.1, 0.15) is 49.2 Å². The van der Waals surface area contributed by atoms with Gasteiger partial charge in [0.05, 0.1) is 5.56 Å². The summed E-state index contributed by atoms with van der Waals surface area (Å²) in [6, 6.07) is 2.85. The number of hydrogen-bond donors (Lipinski definition) is 2. The first-order valence-corrected chi connectivity index (χ1v) is 7.23. The highest BCUT2D eigenvalue weighted by Crippen LogP contribution is 2.23. The number of carbonyl (C=O) groups excluding carboxylic acids is 1. The predicted octanol–water partition coefficient (Wildman–Crippen LogP) is 1.62. The van der Waals surface area contributed by atoms with Crippen molar-refractivity contribution < 1.29 is 14.7 Å². The van der Waals surface area contributed by atoms with Gasteiger partial charge in [-0.15, -0.1) is 0 Å². The van der Waals surface area contributed by atoms with Gasteiger partial charge in [0, 0.05) is 18.8 Å². The Kier molecular flexibility index (Phi) is 4.45. The molecule has 1 amide bonds. The Morgan fingerprint density at radius 2 is 2.24 bits per heavy atom. The van der Waals surface area contributed by atoms with Gasteiger partial charge in [0.2, 0.25) is 5.91 Å². The Balaban J connectivity index is 2.46. The second-order valence-corrected chi connectivity index (χ2v) is 5.51. The average molecular weight is 291 g/mol. The number of nitrogens with zero attached hydrogens (tertiary/aromatic N) is 2. The fraction of sp³-hybridized carbons (Fsp3) is 0.533. The molecule has 0 bridgehead atoms. The molecular formula is C15H21N3O3. The molecule has 0 radical (unpaired) electrons. The van der Waals surface area contributed by atoms with Crippen molar-refractivity contribution in [1.29, 1.82) is 0 Å². The third kappa shape index (κ3) is 3.15. The molecule has 0 saturated carbocycles. The summed E-state index contributed by atoms with van der Waals surface area (Å²) < 4.78 is 0. The second-order valence-electron chi connectivity index (χ2n) is 5.51. The molecule has 0 aromatic carbocycles. The van der Waals surface area contributed by atoms with Gasteiger partial charge in [-0.3, -0.25) is 4.79 Å². The van der Waals surface area contributed by atoms with Crippen LogP contribution in [0.5, 0.6) is 0 Å². The Labute approximate surface area is 124 Å². The number of nitrogens with one attached hydrogen (secondary N) is 1. The van der Waals surface area contributed by atoms with Crippen LogP contribution in [0.15, 0.2) is 12.1 Å². The maximum atomic E-state index is 11.9. The molecule has 0 spiro atoms. The maximum absolute atomic E-state index is 11.9. The summed E-state index contributed by atoms with van der Waals surface area (Å²) >= 11 is 0. The van der Waals surface area contributed by atoms with Crippen LogP contribution in [0.3, 0.4) is 0 Å². The second kappa shape index (κ2) is 6.11. The van der Waals surface area contributed by atoms with E-state index in [2.05, 4.69) is 10.3 Å². The number of aromatic nitrogens is 1. The number of rotatable bonds is 4. The molecule has 1 unspecified atom stereocenters. The number of piperazine rings is 1. The van der Waals surface area contributed by atoms with E-state index in [1.807, 2.05) is 25.7 Å². The molecule has 114 valence electrons. The number of anilines is 1. The summed E-state index contributed by atoms with van der Waals surface area (Å²) in [5.74, 6) is -0.311. The Morgan fingerprint density at radius 3 is 2.81 bits per heavy atom. The predicted molar refractivity (Wildman–Crippen MR) is 79.7 cm³/mol. The van der Waals surface area contributed by atoms with Crippen LogP contribution in [0.25, 0.3) is 0 Å². The molecular weight excluding hydrogens is 270 g/mol. The van der Waals surface area contributed by atoms with E-state index in [0.29, 0.717) is 25.3 Å². The van der Waals surface area contributed by atoms with Gasteiger partial charge in [0.25, 0.3) is 0 Å². The molecule has 6 heteroatoms. The van der Waals surface area contributed by atoms with Crippen LogP contribution in [0.2, 0.25) is 0 Å². The van der Waals surface area contributed by atoms with Crippen molar-refractivity contribution >= 4 is 17.7 Å². The van der Waals surface area contributed by atoms with Gasteiger partial charge in [-0.25, -0.2) is 9.78 Å². The largest absolute Gasteiger partial charge is 0.478 e. The standard InChI is InChI=1S/C15H21N3O3/c1-4-12-14(19)16-5-6-18(12)13-8-10(15(20)21)7-11(17-13)9(2)3/h7-9,12H,4-6H2,1-3H3,(H,16,19)(H,20,21). The Morgan fingerprint density at radius 1 is 1.52 bits per heavy atom. The van der Waals surface area contributed by atoms with Gasteiger partial charge in [-0.2, -0.15) is 0 Å². The molecule has 1 fully saturated rings. The van der Waals surface area contributed by atoms with E-state index in [1.54, 1.807) is 12.1 Å². The quantitative estimate of drug-likeness (QED) is 0.881. The van der Waals surface area contributed by atoms with Crippen molar-refractivity contribution in [1.82, 2.24) is 10.3 Å². The van der Waals surface area contributed by atoms with Gasteiger partial charge < -0.3 is 15.3 Å². The molecule has 6 nitrogen and oxygen atoms in total. The smallest absolute Gasteiger partial charge is 0.335 e. The summed E-state index contributed by atoms with van der Waals surface area (Å²) in [5.41, 5.74) is 0.940. The third-order valence-corrected chi connectivity index (χ3v) is 3.68. The summed E-state index contributed by atoms with van der Waals surface area (Å²) in [6.07, 6.45) is 0.655. The van der Waals surface area contributed by atoms with Crippen molar-refractivity contribution in [2.45, 2.75) is 39.2 Å². The first-order valence-electron chi connectivity index (χ1n) is 7.23. The van der Waals surface area contributed by atoms with E-state index >= 15 is 0 Å². The molecule has 2 N–H and O–H groups in total. The minimum atomic E-state index is -0.977. The topological polar surface area (TPSA) is 82.5 Å². The highest BCUT2D eigenvalue weighted by Gasteiger charge is 2.29.